The molecule has 0 bridgehead atoms. The normalized spacial score (nSPS) is 13.0. The number of carbonyl (C=O) groups excluding carboxylic acids is 2. The van der Waals surface area contributed by atoms with Crippen LogP contribution in [0.4, 0.5) is 0 Å². The van der Waals surface area contributed by atoms with Gasteiger partial charge in [0.1, 0.15) is 6.61 Å². The SMILES string of the molecule is CCC/C=C\CCCCCCCC(=O)OC(COC(=O)CCCCCCCCCCCCCCCCCCCCCCCCCCCCCCCCCCCCCCCCC)COP(=O)(O)OCCN. The first-order valence-corrected chi connectivity index (χ1v) is 32.2. The molecule has 10 heteroatoms. The average molecular weight is 1010 g/mol. The van der Waals surface area contributed by atoms with Crippen molar-refractivity contribution >= 4 is 19.8 Å². The molecule has 0 aromatic carbocycles. The van der Waals surface area contributed by atoms with Gasteiger partial charge in [-0.25, -0.2) is 4.57 Å². The molecule has 0 aliphatic carbocycles. The summed E-state index contributed by atoms with van der Waals surface area (Å²) in [6.45, 7) is 3.71. The molecular weight excluding hydrogens is 894 g/mol. The van der Waals surface area contributed by atoms with Crippen molar-refractivity contribution in [1.29, 1.82) is 0 Å². The quantitative estimate of drug-likeness (QED) is 0.0264. The lowest BCUT2D eigenvalue weighted by Crippen LogP contribution is -2.29. The van der Waals surface area contributed by atoms with E-state index >= 15 is 0 Å². The summed E-state index contributed by atoms with van der Waals surface area (Å²) < 4.78 is 32.9. The van der Waals surface area contributed by atoms with Crippen molar-refractivity contribution in [3.63, 3.8) is 0 Å². The molecule has 0 aliphatic heterocycles. The number of hydrogen-bond donors (Lipinski definition) is 2. The topological polar surface area (TPSA) is 134 Å². The highest BCUT2D eigenvalue weighted by molar-refractivity contribution is 7.47. The van der Waals surface area contributed by atoms with Crippen molar-refractivity contribution in [2.75, 3.05) is 26.4 Å². The predicted octanol–water partition coefficient (Wildman–Crippen LogP) is 19.2. The number of unbranched alkanes of at least 4 members (excludes halogenated alkanes) is 44. The molecule has 9 nitrogen and oxygen atoms in total. The van der Waals surface area contributed by atoms with Crippen LogP contribution in [-0.2, 0) is 32.7 Å². The van der Waals surface area contributed by atoms with Gasteiger partial charge in [0.05, 0.1) is 13.2 Å². The van der Waals surface area contributed by atoms with E-state index in [0.717, 1.165) is 57.8 Å². The number of rotatable bonds is 59. The van der Waals surface area contributed by atoms with Crippen LogP contribution in [0.15, 0.2) is 12.2 Å². The highest BCUT2D eigenvalue weighted by Crippen LogP contribution is 2.43. The summed E-state index contributed by atoms with van der Waals surface area (Å²) in [5.74, 6) is -0.825. The van der Waals surface area contributed by atoms with Crippen LogP contribution in [-0.4, -0.2) is 49.3 Å². The number of esters is 2. The molecular formula is C60H118NO8P. The molecule has 70 heavy (non-hydrogen) atoms. The number of phosphoric ester groups is 1. The summed E-state index contributed by atoms with van der Waals surface area (Å²) in [7, 11) is -4.38. The van der Waals surface area contributed by atoms with Gasteiger partial charge in [0.15, 0.2) is 6.10 Å². The lowest BCUT2D eigenvalue weighted by Gasteiger charge is -2.19. The number of ether oxygens (including phenoxy) is 2. The molecule has 0 aromatic rings. The van der Waals surface area contributed by atoms with Crippen molar-refractivity contribution in [2.45, 2.75) is 335 Å². The van der Waals surface area contributed by atoms with Crippen molar-refractivity contribution < 1.29 is 37.6 Å². The Hall–Kier alpha value is -1.25. The van der Waals surface area contributed by atoms with Gasteiger partial charge in [-0.1, -0.05) is 296 Å². The van der Waals surface area contributed by atoms with Crippen molar-refractivity contribution in [1.82, 2.24) is 0 Å². The molecule has 416 valence electrons. The van der Waals surface area contributed by atoms with Gasteiger partial charge in [-0.15, -0.1) is 0 Å². The Kier molecular flexibility index (Phi) is 56.0. The smallest absolute Gasteiger partial charge is 0.462 e. The maximum absolute atomic E-state index is 12.6. The fraction of sp³-hybridized carbons (Fsp3) is 0.933. The van der Waals surface area contributed by atoms with E-state index in [9.17, 15) is 19.0 Å². The van der Waals surface area contributed by atoms with Crippen LogP contribution in [0.25, 0.3) is 0 Å². The van der Waals surface area contributed by atoms with Gasteiger partial charge in [-0.2, -0.15) is 0 Å². The largest absolute Gasteiger partial charge is 0.472 e. The zero-order chi connectivity index (χ0) is 51.0. The Labute approximate surface area is 434 Å². The van der Waals surface area contributed by atoms with Crippen LogP contribution in [0.3, 0.4) is 0 Å². The second-order valence-corrected chi connectivity index (χ2v) is 22.4. The molecule has 2 unspecified atom stereocenters. The van der Waals surface area contributed by atoms with E-state index in [1.165, 1.54) is 238 Å². The summed E-state index contributed by atoms with van der Waals surface area (Å²) in [6.07, 6.45) is 66.3. The number of carbonyl (C=O) groups is 2. The minimum absolute atomic E-state index is 0.0549. The summed E-state index contributed by atoms with van der Waals surface area (Å²) in [4.78, 5) is 35.0. The first-order chi connectivity index (χ1) is 34.3. The molecule has 0 saturated carbocycles. The van der Waals surface area contributed by atoms with Gasteiger partial charge < -0.3 is 20.1 Å². The van der Waals surface area contributed by atoms with Crippen molar-refractivity contribution in [3.05, 3.63) is 12.2 Å². The lowest BCUT2D eigenvalue weighted by molar-refractivity contribution is -0.161. The second kappa shape index (κ2) is 57.0. The molecule has 3 N–H and O–H groups in total. The maximum Gasteiger partial charge on any atom is 0.472 e. The summed E-state index contributed by atoms with van der Waals surface area (Å²) in [6, 6.07) is 0. The Morgan fingerprint density at radius 1 is 0.414 bits per heavy atom. The van der Waals surface area contributed by atoms with Crippen LogP contribution >= 0.6 is 7.82 Å². The standard InChI is InChI=1S/C60H118NO8P/c1-3-5-7-9-11-13-15-16-17-18-19-20-21-22-23-24-25-26-27-28-29-30-31-32-33-34-35-36-37-38-39-40-41-42-43-45-46-48-50-52-59(62)66-56-58(57-68-70(64,65)67-55-54-61)69-60(63)53-51-49-47-44-14-12-10-8-6-4-2/h8,10,58H,3-7,9,11-57,61H2,1-2H3,(H,64,65)/b10-8-. The van der Waals surface area contributed by atoms with E-state index < -0.39 is 26.5 Å². The lowest BCUT2D eigenvalue weighted by atomic mass is 10.0. The molecule has 0 heterocycles. The number of allylic oxidation sites excluding steroid dienone is 2. The molecule has 0 amide bonds. The molecule has 0 aromatic heterocycles. The average Bonchev–Trinajstić information content (AvgIpc) is 3.35. The van der Waals surface area contributed by atoms with Crippen LogP contribution in [0.1, 0.15) is 328 Å². The Bertz CT molecular complexity index is 1150. The third-order valence-electron chi connectivity index (χ3n) is 13.9. The Balaban J connectivity index is 3.63. The van der Waals surface area contributed by atoms with Gasteiger partial charge in [-0.05, 0) is 32.1 Å². The number of hydrogen-bond acceptors (Lipinski definition) is 8. The van der Waals surface area contributed by atoms with E-state index in [2.05, 4.69) is 26.0 Å². The highest BCUT2D eigenvalue weighted by atomic mass is 31.2. The summed E-state index contributed by atoms with van der Waals surface area (Å²) >= 11 is 0. The molecule has 0 aliphatic rings. The van der Waals surface area contributed by atoms with Crippen molar-refractivity contribution in [3.8, 4) is 0 Å². The van der Waals surface area contributed by atoms with E-state index in [-0.39, 0.29) is 38.6 Å². The number of phosphoric acid groups is 1. The van der Waals surface area contributed by atoms with Gasteiger partial charge in [0.2, 0.25) is 0 Å². The Morgan fingerprint density at radius 3 is 1.07 bits per heavy atom. The highest BCUT2D eigenvalue weighted by Gasteiger charge is 2.26. The molecule has 0 saturated heterocycles. The third-order valence-corrected chi connectivity index (χ3v) is 14.9. The Morgan fingerprint density at radius 2 is 0.729 bits per heavy atom. The first-order valence-electron chi connectivity index (χ1n) is 30.7. The van der Waals surface area contributed by atoms with Gasteiger partial charge >= 0.3 is 19.8 Å². The van der Waals surface area contributed by atoms with Gasteiger partial charge in [0.25, 0.3) is 0 Å². The molecule has 0 rings (SSSR count). The van der Waals surface area contributed by atoms with Crippen molar-refractivity contribution in [2.24, 2.45) is 5.73 Å². The third kappa shape index (κ3) is 56.1. The molecule has 0 spiro atoms. The van der Waals surface area contributed by atoms with E-state index in [0.29, 0.717) is 6.42 Å². The summed E-state index contributed by atoms with van der Waals surface area (Å²) in [5, 5.41) is 0. The fourth-order valence-corrected chi connectivity index (χ4v) is 10.1. The number of nitrogens with two attached hydrogens (primary N) is 1. The van der Waals surface area contributed by atoms with Crippen LogP contribution in [0.5, 0.6) is 0 Å². The first kappa shape index (κ1) is 68.8. The molecule has 0 radical (unpaired) electrons. The van der Waals surface area contributed by atoms with Gasteiger partial charge in [-0.3, -0.25) is 18.6 Å². The minimum atomic E-state index is -4.38. The fourth-order valence-electron chi connectivity index (χ4n) is 9.35. The van der Waals surface area contributed by atoms with E-state index in [4.69, 9.17) is 24.3 Å². The van der Waals surface area contributed by atoms with E-state index in [1.54, 1.807) is 0 Å². The maximum atomic E-state index is 12.6. The van der Waals surface area contributed by atoms with Crippen LogP contribution in [0, 0.1) is 0 Å². The predicted molar refractivity (Wildman–Crippen MR) is 298 cm³/mol. The summed E-state index contributed by atoms with van der Waals surface area (Å²) in [5.41, 5.74) is 5.36. The second-order valence-electron chi connectivity index (χ2n) is 20.9. The van der Waals surface area contributed by atoms with Crippen LogP contribution < -0.4 is 5.73 Å². The minimum Gasteiger partial charge on any atom is -0.462 e. The van der Waals surface area contributed by atoms with Gasteiger partial charge in [0, 0.05) is 19.4 Å². The zero-order valence-electron chi connectivity index (χ0n) is 46.5. The zero-order valence-corrected chi connectivity index (χ0v) is 47.4. The van der Waals surface area contributed by atoms with E-state index in [1.807, 2.05) is 0 Å². The van der Waals surface area contributed by atoms with Crippen LogP contribution in [0.2, 0.25) is 0 Å². The molecule has 0 fully saturated rings. The molecule has 2 atom stereocenters. The monoisotopic (exact) mass is 1010 g/mol.